The van der Waals surface area contributed by atoms with Gasteiger partial charge in [0.25, 0.3) is 5.91 Å². The average molecular weight is 291 g/mol. The highest BCUT2D eigenvalue weighted by Crippen LogP contribution is 2.23. The Labute approximate surface area is 126 Å². The van der Waals surface area contributed by atoms with Crippen LogP contribution < -0.4 is 10.5 Å². The molecule has 1 aliphatic heterocycles. The minimum atomic E-state index is 0.0492. The third kappa shape index (κ3) is 3.67. The lowest BCUT2D eigenvalue weighted by atomic mass is 10.1. The van der Waals surface area contributed by atoms with Crippen LogP contribution in [0.4, 0.5) is 5.69 Å². The van der Waals surface area contributed by atoms with Crippen molar-refractivity contribution in [1.82, 2.24) is 9.80 Å². The van der Waals surface area contributed by atoms with Crippen molar-refractivity contribution in [2.45, 2.75) is 26.8 Å². The number of ether oxygens (including phenoxy) is 1. The van der Waals surface area contributed by atoms with Gasteiger partial charge in [0.15, 0.2) is 0 Å². The Hall–Kier alpha value is -1.75. The van der Waals surface area contributed by atoms with Gasteiger partial charge in [0, 0.05) is 37.8 Å². The van der Waals surface area contributed by atoms with Crippen LogP contribution in [0.1, 0.15) is 31.1 Å². The molecular weight excluding hydrogens is 266 g/mol. The highest BCUT2D eigenvalue weighted by atomic mass is 16.5. The quantitative estimate of drug-likeness (QED) is 0.860. The van der Waals surface area contributed by atoms with E-state index in [1.165, 1.54) is 0 Å². The second-order valence-electron chi connectivity index (χ2n) is 5.61. The molecule has 0 aliphatic carbocycles. The molecule has 0 unspecified atom stereocenters. The number of piperazine rings is 1. The smallest absolute Gasteiger partial charge is 0.254 e. The molecule has 1 saturated heterocycles. The van der Waals surface area contributed by atoms with Gasteiger partial charge >= 0.3 is 0 Å². The third-order valence-corrected chi connectivity index (χ3v) is 3.89. The zero-order valence-electron chi connectivity index (χ0n) is 13.1. The van der Waals surface area contributed by atoms with Gasteiger partial charge in [-0.3, -0.25) is 9.69 Å². The number of hydrogen-bond donors (Lipinski definition) is 1. The van der Waals surface area contributed by atoms with Crippen LogP contribution in [-0.2, 0) is 0 Å². The lowest BCUT2D eigenvalue weighted by Crippen LogP contribution is -2.50. The summed E-state index contributed by atoms with van der Waals surface area (Å²) in [5.74, 6) is 0.687. The van der Waals surface area contributed by atoms with Gasteiger partial charge < -0.3 is 15.4 Å². The highest BCUT2D eigenvalue weighted by molar-refractivity contribution is 5.95. The topological polar surface area (TPSA) is 58.8 Å². The molecule has 116 valence electrons. The minimum absolute atomic E-state index is 0.0492. The van der Waals surface area contributed by atoms with E-state index in [-0.39, 0.29) is 5.91 Å². The van der Waals surface area contributed by atoms with E-state index in [1.807, 2.05) is 11.8 Å². The van der Waals surface area contributed by atoms with Crippen LogP contribution >= 0.6 is 0 Å². The average Bonchev–Trinajstić information content (AvgIpc) is 2.49. The summed E-state index contributed by atoms with van der Waals surface area (Å²) in [6.45, 7) is 10.2. The van der Waals surface area contributed by atoms with Crippen molar-refractivity contribution >= 4 is 11.6 Å². The van der Waals surface area contributed by atoms with Crippen LogP contribution in [0.5, 0.6) is 5.75 Å². The summed E-state index contributed by atoms with van der Waals surface area (Å²) in [6.07, 6.45) is 0. The number of benzene rings is 1. The van der Waals surface area contributed by atoms with Crippen LogP contribution in [0.15, 0.2) is 18.2 Å². The van der Waals surface area contributed by atoms with E-state index in [9.17, 15) is 4.79 Å². The lowest BCUT2D eigenvalue weighted by molar-refractivity contribution is 0.0595. The molecule has 0 spiro atoms. The van der Waals surface area contributed by atoms with E-state index in [0.29, 0.717) is 29.6 Å². The van der Waals surface area contributed by atoms with Crippen LogP contribution in [0, 0.1) is 0 Å². The lowest BCUT2D eigenvalue weighted by Gasteiger charge is -2.37. The van der Waals surface area contributed by atoms with Crippen molar-refractivity contribution in [3.63, 3.8) is 0 Å². The molecule has 0 saturated carbocycles. The highest BCUT2D eigenvalue weighted by Gasteiger charge is 2.23. The third-order valence-electron chi connectivity index (χ3n) is 3.89. The number of anilines is 1. The number of hydrogen-bond acceptors (Lipinski definition) is 4. The second kappa shape index (κ2) is 6.80. The molecule has 0 bridgehead atoms. The number of carbonyl (C=O) groups is 1. The van der Waals surface area contributed by atoms with Gasteiger partial charge in [-0.1, -0.05) is 0 Å². The van der Waals surface area contributed by atoms with E-state index < -0.39 is 0 Å². The van der Waals surface area contributed by atoms with Crippen molar-refractivity contribution in [3.8, 4) is 5.75 Å². The molecular formula is C16H25N3O2. The maximum Gasteiger partial charge on any atom is 0.254 e. The molecule has 2 rings (SSSR count). The molecule has 5 nitrogen and oxygen atoms in total. The summed E-state index contributed by atoms with van der Waals surface area (Å²) in [5, 5.41) is 0. The Morgan fingerprint density at radius 1 is 1.29 bits per heavy atom. The van der Waals surface area contributed by atoms with E-state index in [4.69, 9.17) is 10.5 Å². The standard InChI is InChI=1S/C16H25N3O2/c1-4-21-15-6-5-13(11-14(15)17)16(20)19-9-7-18(8-10-19)12(2)3/h5-6,11-12H,4,7-10,17H2,1-3H3. The SMILES string of the molecule is CCOc1ccc(C(=O)N2CCN(C(C)C)CC2)cc1N. The van der Waals surface area contributed by atoms with Gasteiger partial charge in [-0.25, -0.2) is 0 Å². The number of carbonyl (C=O) groups excluding carboxylic acids is 1. The summed E-state index contributed by atoms with van der Waals surface area (Å²) >= 11 is 0. The zero-order valence-corrected chi connectivity index (χ0v) is 13.1. The first kappa shape index (κ1) is 15.6. The van der Waals surface area contributed by atoms with Gasteiger partial charge in [0.05, 0.1) is 12.3 Å². The monoisotopic (exact) mass is 291 g/mol. The predicted octanol–water partition coefficient (Wildman–Crippen LogP) is 1.83. The van der Waals surface area contributed by atoms with E-state index >= 15 is 0 Å². The molecule has 0 radical (unpaired) electrons. The number of nitrogens with zero attached hydrogens (tertiary/aromatic N) is 2. The molecule has 1 aliphatic rings. The first-order chi connectivity index (χ1) is 10.0. The molecule has 1 aromatic rings. The molecule has 21 heavy (non-hydrogen) atoms. The molecule has 1 aromatic carbocycles. The fraction of sp³-hybridized carbons (Fsp3) is 0.562. The van der Waals surface area contributed by atoms with Gasteiger partial charge in [0.1, 0.15) is 5.75 Å². The van der Waals surface area contributed by atoms with Crippen LogP contribution in [-0.4, -0.2) is 54.5 Å². The van der Waals surface area contributed by atoms with Crippen LogP contribution in [0.25, 0.3) is 0 Å². The number of amides is 1. The van der Waals surface area contributed by atoms with E-state index in [1.54, 1.807) is 18.2 Å². The summed E-state index contributed by atoms with van der Waals surface area (Å²) < 4.78 is 5.40. The number of nitrogen functional groups attached to an aromatic ring is 1. The second-order valence-corrected chi connectivity index (χ2v) is 5.61. The minimum Gasteiger partial charge on any atom is -0.492 e. The number of rotatable bonds is 4. The Balaban J connectivity index is 2.02. The zero-order chi connectivity index (χ0) is 15.4. The fourth-order valence-corrected chi connectivity index (χ4v) is 2.59. The number of nitrogens with two attached hydrogens (primary N) is 1. The van der Waals surface area contributed by atoms with Crippen molar-refractivity contribution in [2.24, 2.45) is 0 Å². The largest absolute Gasteiger partial charge is 0.492 e. The van der Waals surface area contributed by atoms with Gasteiger partial charge in [-0.15, -0.1) is 0 Å². The first-order valence-electron chi connectivity index (χ1n) is 7.58. The molecule has 0 aromatic heterocycles. The molecule has 2 N–H and O–H groups in total. The van der Waals surface area contributed by atoms with E-state index in [2.05, 4.69) is 18.7 Å². The molecule has 1 amide bonds. The van der Waals surface area contributed by atoms with Crippen molar-refractivity contribution in [2.75, 3.05) is 38.5 Å². The van der Waals surface area contributed by atoms with E-state index in [0.717, 1.165) is 26.2 Å². The summed E-state index contributed by atoms with van der Waals surface area (Å²) in [7, 11) is 0. The Kier molecular flexibility index (Phi) is 5.07. The van der Waals surface area contributed by atoms with Crippen LogP contribution in [0.3, 0.4) is 0 Å². The van der Waals surface area contributed by atoms with Crippen molar-refractivity contribution in [3.05, 3.63) is 23.8 Å². The Morgan fingerprint density at radius 3 is 2.48 bits per heavy atom. The molecule has 1 fully saturated rings. The Bertz CT molecular complexity index is 494. The molecule has 0 atom stereocenters. The Morgan fingerprint density at radius 2 is 1.95 bits per heavy atom. The van der Waals surface area contributed by atoms with Gasteiger partial charge in [-0.2, -0.15) is 0 Å². The van der Waals surface area contributed by atoms with Crippen LogP contribution in [0.2, 0.25) is 0 Å². The maximum absolute atomic E-state index is 12.5. The predicted molar refractivity (Wildman–Crippen MR) is 84.6 cm³/mol. The molecule has 1 heterocycles. The molecule has 5 heteroatoms. The van der Waals surface area contributed by atoms with Crippen molar-refractivity contribution in [1.29, 1.82) is 0 Å². The van der Waals surface area contributed by atoms with Gasteiger partial charge in [-0.05, 0) is 39.0 Å². The summed E-state index contributed by atoms with van der Waals surface area (Å²) in [5.41, 5.74) is 7.08. The first-order valence-corrected chi connectivity index (χ1v) is 7.58. The fourth-order valence-electron chi connectivity index (χ4n) is 2.59. The summed E-state index contributed by atoms with van der Waals surface area (Å²) in [6, 6.07) is 5.81. The maximum atomic E-state index is 12.5. The summed E-state index contributed by atoms with van der Waals surface area (Å²) in [4.78, 5) is 16.8. The van der Waals surface area contributed by atoms with Gasteiger partial charge in [0.2, 0.25) is 0 Å². The van der Waals surface area contributed by atoms with Crippen molar-refractivity contribution < 1.29 is 9.53 Å². The normalized spacial score (nSPS) is 16.3.